The molecule has 17 heavy (non-hydrogen) atoms. The minimum atomic E-state index is -0.572. The molecule has 0 radical (unpaired) electrons. The predicted molar refractivity (Wildman–Crippen MR) is 64.6 cm³/mol. The highest BCUT2D eigenvalue weighted by Crippen LogP contribution is 2.17. The van der Waals surface area contributed by atoms with Crippen molar-refractivity contribution in [3.8, 4) is 0 Å². The largest absolute Gasteiger partial charge is 0.443 e. The van der Waals surface area contributed by atoms with Crippen LogP contribution in [-0.4, -0.2) is 41.6 Å². The van der Waals surface area contributed by atoms with Gasteiger partial charge < -0.3 is 10.1 Å². The molecule has 0 aromatic rings. The summed E-state index contributed by atoms with van der Waals surface area (Å²) in [6.07, 6.45) is 1.05. The lowest BCUT2D eigenvalue weighted by Gasteiger charge is -2.33. The molecule has 1 fully saturated rings. The number of amides is 2. The number of nitrogens with one attached hydrogen (secondary N) is 1. The Kier molecular flexibility index (Phi) is 4.51. The van der Waals surface area contributed by atoms with Gasteiger partial charge in [0.2, 0.25) is 5.91 Å². The fourth-order valence-corrected chi connectivity index (χ4v) is 1.91. The molecule has 1 heterocycles. The fourth-order valence-electron chi connectivity index (χ4n) is 1.91. The molecule has 0 spiro atoms. The van der Waals surface area contributed by atoms with Crippen molar-refractivity contribution in [2.45, 2.75) is 52.2 Å². The van der Waals surface area contributed by atoms with E-state index in [9.17, 15) is 9.59 Å². The number of nitrogens with zero attached hydrogens (tertiary/aromatic N) is 1. The molecule has 5 nitrogen and oxygen atoms in total. The van der Waals surface area contributed by atoms with Gasteiger partial charge in [-0.05, 0) is 46.7 Å². The first-order chi connectivity index (χ1) is 7.81. The number of piperidine rings is 1. The van der Waals surface area contributed by atoms with Crippen LogP contribution in [0.4, 0.5) is 4.79 Å². The molecule has 5 heteroatoms. The van der Waals surface area contributed by atoms with Gasteiger partial charge in [0.05, 0.1) is 0 Å². The molecule has 0 aromatic heterocycles. The van der Waals surface area contributed by atoms with Crippen LogP contribution in [0.15, 0.2) is 0 Å². The van der Waals surface area contributed by atoms with Crippen molar-refractivity contribution in [1.29, 1.82) is 0 Å². The fraction of sp³-hybridized carbons (Fsp3) is 0.833. The molecule has 1 rings (SSSR count). The van der Waals surface area contributed by atoms with Crippen LogP contribution in [-0.2, 0) is 9.53 Å². The Morgan fingerprint density at radius 2 is 1.76 bits per heavy atom. The summed E-state index contributed by atoms with van der Waals surface area (Å²) in [5, 5.41) is 3.21. The van der Waals surface area contributed by atoms with E-state index in [1.54, 1.807) is 20.8 Å². The van der Waals surface area contributed by atoms with Crippen molar-refractivity contribution in [3.63, 3.8) is 0 Å². The Morgan fingerprint density at radius 3 is 2.18 bits per heavy atom. The van der Waals surface area contributed by atoms with E-state index in [2.05, 4.69) is 5.32 Å². The lowest BCUT2D eigenvalue weighted by Crippen LogP contribution is -2.49. The van der Waals surface area contributed by atoms with Crippen molar-refractivity contribution in [2.75, 3.05) is 13.1 Å². The molecule has 2 amide bonds. The molecular formula is C12H22N2O3. The smallest absolute Gasteiger partial charge is 0.417 e. The third kappa shape index (κ3) is 4.34. The number of hydrogen-bond donors (Lipinski definition) is 1. The van der Waals surface area contributed by atoms with E-state index in [-0.39, 0.29) is 11.9 Å². The summed E-state index contributed by atoms with van der Waals surface area (Å²) >= 11 is 0. The number of carbonyl (C=O) groups excluding carboxylic acids is 2. The summed E-state index contributed by atoms with van der Waals surface area (Å²) in [6, 6.07) is -0.0383. The van der Waals surface area contributed by atoms with Crippen LogP contribution >= 0.6 is 0 Å². The number of rotatable bonds is 1. The summed E-state index contributed by atoms with van der Waals surface area (Å²) in [7, 11) is 0. The Balaban J connectivity index is 2.71. The first-order valence-corrected chi connectivity index (χ1v) is 6.05. The third-order valence-electron chi connectivity index (χ3n) is 2.60. The second-order valence-corrected chi connectivity index (χ2v) is 5.35. The summed E-state index contributed by atoms with van der Waals surface area (Å²) < 4.78 is 5.26. The van der Waals surface area contributed by atoms with Crippen molar-refractivity contribution >= 4 is 12.0 Å². The van der Waals surface area contributed by atoms with Crippen LogP contribution in [0.2, 0.25) is 0 Å². The third-order valence-corrected chi connectivity index (χ3v) is 2.60. The van der Waals surface area contributed by atoms with Gasteiger partial charge in [-0.3, -0.25) is 4.79 Å². The van der Waals surface area contributed by atoms with Crippen molar-refractivity contribution in [3.05, 3.63) is 0 Å². The van der Waals surface area contributed by atoms with E-state index < -0.39 is 11.7 Å². The number of imide groups is 1. The highest BCUT2D eigenvalue weighted by Gasteiger charge is 2.32. The molecule has 1 N–H and O–H groups in total. The average Bonchev–Trinajstić information content (AvgIpc) is 2.15. The normalized spacial score (nSPS) is 17.6. The van der Waals surface area contributed by atoms with Gasteiger partial charge in [-0.2, -0.15) is 0 Å². The van der Waals surface area contributed by atoms with E-state index in [4.69, 9.17) is 4.74 Å². The van der Waals surface area contributed by atoms with Gasteiger partial charge in [0.25, 0.3) is 0 Å². The molecule has 0 aromatic carbocycles. The van der Waals surface area contributed by atoms with Crippen molar-refractivity contribution in [1.82, 2.24) is 10.2 Å². The Labute approximate surface area is 102 Å². The molecule has 0 unspecified atom stereocenters. The molecular weight excluding hydrogens is 220 g/mol. The van der Waals surface area contributed by atoms with Gasteiger partial charge in [0.15, 0.2) is 0 Å². The van der Waals surface area contributed by atoms with Crippen LogP contribution < -0.4 is 5.32 Å². The maximum Gasteiger partial charge on any atom is 0.417 e. The summed E-state index contributed by atoms with van der Waals surface area (Å²) in [5.74, 6) is -0.244. The zero-order chi connectivity index (χ0) is 13.1. The summed E-state index contributed by atoms with van der Waals surface area (Å²) in [5.41, 5.74) is -0.572. The minimum absolute atomic E-state index is 0.0383. The lowest BCUT2D eigenvalue weighted by atomic mass is 10.1. The molecule has 0 atom stereocenters. The van der Waals surface area contributed by atoms with E-state index in [0.717, 1.165) is 25.9 Å². The average molecular weight is 242 g/mol. The Bertz CT molecular complexity index is 291. The first kappa shape index (κ1) is 14.0. The second-order valence-electron chi connectivity index (χ2n) is 5.35. The van der Waals surface area contributed by atoms with Gasteiger partial charge >= 0.3 is 6.09 Å². The first-order valence-electron chi connectivity index (χ1n) is 6.05. The maximum atomic E-state index is 12.0. The van der Waals surface area contributed by atoms with Gasteiger partial charge in [0, 0.05) is 13.0 Å². The highest BCUT2D eigenvalue weighted by atomic mass is 16.6. The molecule has 0 aliphatic carbocycles. The lowest BCUT2D eigenvalue weighted by molar-refractivity contribution is -0.130. The van der Waals surface area contributed by atoms with Crippen LogP contribution in [0.5, 0.6) is 0 Å². The van der Waals surface area contributed by atoms with E-state index in [0.29, 0.717) is 0 Å². The number of carbonyl (C=O) groups is 2. The quantitative estimate of drug-likeness (QED) is 0.757. The SMILES string of the molecule is CC(=O)N(C(=O)OC(C)(C)C)C1CCNCC1. The van der Waals surface area contributed by atoms with Crippen molar-refractivity contribution < 1.29 is 14.3 Å². The molecule has 1 aliphatic rings. The maximum absolute atomic E-state index is 12.0. The van der Waals surface area contributed by atoms with Gasteiger partial charge in [0.1, 0.15) is 5.60 Å². The van der Waals surface area contributed by atoms with Gasteiger partial charge in [-0.15, -0.1) is 0 Å². The Morgan fingerprint density at radius 1 is 1.24 bits per heavy atom. The van der Waals surface area contributed by atoms with Gasteiger partial charge in [-0.1, -0.05) is 0 Å². The number of hydrogen-bond acceptors (Lipinski definition) is 4. The standard InChI is InChI=1S/C12H22N2O3/c1-9(15)14(10-5-7-13-8-6-10)11(16)17-12(2,3)4/h10,13H,5-8H2,1-4H3. The topological polar surface area (TPSA) is 58.6 Å². The van der Waals surface area contributed by atoms with Crippen LogP contribution in [0, 0.1) is 0 Å². The molecule has 98 valence electrons. The zero-order valence-corrected chi connectivity index (χ0v) is 11.1. The van der Waals surface area contributed by atoms with E-state index in [1.165, 1.54) is 11.8 Å². The zero-order valence-electron chi connectivity index (χ0n) is 11.1. The van der Waals surface area contributed by atoms with E-state index in [1.807, 2.05) is 0 Å². The highest BCUT2D eigenvalue weighted by molar-refractivity contribution is 5.91. The monoisotopic (exact) mass is 242 g/mol. The van der Waals surface area contributed by atoms with Crippen LogP contribution in [0.1, 0.15) is 40.5 Å². The summed E-state index contributed by atoms with van der Waals surface area (Å²) in [6.45, 7) is 8.46. The second kappa shape index (κ2) is 5.49. The van der Waals surface area contributed by atoms with Crippen LogP contribution in [0.25, 0.3) is 0 Å². The summed E-state index contributed by atoms with van der Waals surface area (Å²) in [4.78, 5) is 24.8. The molecule has 1 aliphatic heterocycles. The Hall–Kier alpha value is -1.10. The van der Waals surface area contributed by atoms with Crippen LogP contribution in [0.3, 0.4) is 0 Å². The van der Waals surface area contributed by atoms with Gasteiger partial charge in [-0.25, -0.2) is 9.69 Å². The predicted octanol–water partition coefficient (Wildman–Crippen LogP) is 1.52. The number of ether oxygens (including phenoxy) is 1. The minimum Gasteiger partial charge on any atom is -0.443 e. The molecule has 0 bridgehead atoms. The molecule has 1 saturated heterocycles. The van der Waals surface area contributed by atoms with Crippen molar-refractivity contribution in [2.24, 2.45) is 0 Å². The van der Waals surface area contributed by atoms with E-state index >= 15 is 0 Å². The molecule has 0 saturated carbocycles.